The van der Waals surface area contributed by atoms with Crippen molar-refractivity contribution in [3.63, 3.8) is 0 Å². The zero-order valence-corrected chi connectivity index (χ0v) is 12.9. The van der Waals surface area contributed by atoms with Gasteiger partial charge in [-0.1, -0.05) is 65.0 Å². The minimum absolute atomic E-state index is 0.238. The van der Waals surface area contributed by atoms with Gasteiger partial charge in [0, 0.05) is 0 Å². The SMILES string of the molecule is CC/C=C\CC(C)c1cc(C(C)(C)C)ccc1C. The molecule has 100 valence electrons. The highest BCUT2D eigenvalue weighted by Crippen LogP contribution is 2.29. The normalized spacial score (nSPS) is 14.1. The number of allylic oxidation sites excluding steroid dienone is 2. The van der Waals surface area contributed by atoms with Crippen molar-refractivity contribution in [1.82, 2.24) is 0 Å². The van der Waals surface area contributed by atoms with Crippen molar-refractivity contribution in [1.29, 1.82) is 0 Å². The molecule has 0 heteroatoms. The molecule has 0 radical (unpaired) electrons. The predicted octanol–water partition coefficient (Wildman–Crippen LogP) is 5.75. The maximum Gasteiger partial charge on any atom is -0.0132 e. The van der Waals surface area contributed by atoms with Crippen LogP contribution >= 0.6 is 0 Å². The summed E-state index contributed by atoms with van der Waals surface area (Å²) in [6.07, 6.45) is 6.85. The fourth-order valence-corrected chi connectivity index (χ4v) is 2.23. The van der Waals surface area contributed by atoms with Gasteiger partial charge < -0.3 is 0 Å². The van der Waals surface area contributed by atoms with Gasteiger partial charge in [-0.15, -0.1) is 0 Å². The summed E-state index contributed by atoms with van der Waals surface area (Å²) in [7, 11) is 0. The molecule has 0 spiro atoms. The molecule has 0 fully saturated rings. The Hall–Kier alpha value is -1.04. The second-order valence-corrected chi connectivity index (χ2v) is 6.34. The number of aryl methyl sites for hydroxylation is 1. The summed E-state index contributed by atoms with van der Waals surface area (Å²) in [4.78, 5) is 0. The molecule has 1 aromatic carbocycles. The van der Waals surface area contributed by atoms with E-state index in [-0.39, 0.29) is 5.41 Å². The summed E-state index contributed by atoms with van der Waals surface area (Å²) in [6, 6.07) is 6.95. The van der Waals surface area contributed by atoms with Gasteiger partial charge in [-0.05, 0) is 47.8 Å². The van der Waals surface area contributed by atoms with Crippen LogP contribution in [0, 0.1) is 6.92 Å². The van der Waals surface area contributed by atoms with E-state index in [4.69, 9.17) is 0 Å². The Morgan fingerprint density at radius 2 is 1.83 bits per heavy atom. The molecule has 0 nitrogen and oxygen atoms in total. The third kappa shape index (κ3) is 4.01. The zero-order valence-electron chi connectivity index (χ0n) is 12.9. The molecular formula is C18H28. The standard InChI is InChI=1S/C18H28/c1-7-8-9-10-14(2)17-13-16(18(4,5)6)12-11-15(17)3/h8-9,11-14H,7,10H2,1-6H3/b9-8-. The van der Waals surface area contributed by atoms with Crippen molar-refractivity contribution >= 4 is 0 Å². The molecule has 0 bridgehead atoms. The van der Waals surface area contributed by atoms with Crippen LogP contribution < -0.4 is 0 Å². The van der Waals surface area contributed by atoms with Gasteiger partial charge in [0.25, 0.3) is 0 Å². The fraction of sp³-hybridized carbons (Fsp3) is 0.556. The van der Waals surface area contributed by atoms with Crippen LogP contribution in [-0.4, -0.2) is 0 Å². The van der Waals surface area contributed by atoms with Gasteiger partial charge in [-0.2, -0.15) is 0 Å². The Bertz CT molecular complexity index is 405. The first-order valence-electron chi connectivity index (χ1n) is 7.12. The summed E-state index contributed by atoms with van der Waals surface area (Å²) in [5, 5.41) is 0. The number of rotatable bonds is 4. The highest BCUT2D eigenvalue weighted by atomic mass is 14.2. The monoisotopic (exact) mass is 244 g/mol. The Morgan fingerprint density at radius 3 is 2.39 bits per heavy atom. The Labute approximate surface area is 113 Å². The lowest BCUT2D eigenvalue weighted by Crippen LogP contribution is -2.12. The van der Waals surface area contributed by atoms with Crippen molar-refractivity contribution < 1.29 is 0 Å². The van der Waals surface area contributed by atoms with Crippen LogP contribution in [0.1, 0.15) is 70.1 Å². The summed E-state index contributed by atoms with van der Waals surface area (Å²) in [5.41, 5.74) is 4.60. The van der Waals surface area contributed by atoms with Crippen molar-refractivity contribution in [2.45, 2.75) is 65.7 Å². The molecular weight excluding hydrogens is 216 g/mol. The third-order valence-corrected chi connectivity index (χ3v) is 3.57. The van der Waals surface area contributed by atoms with Gasteiger partial charge in [0.15, 0.2) is 0 Å². The quantitative estimate of drug-likeness (QED) is 0.591. The third-order valence-electron chi connectivity index (χ3n) is 3.57. The molecule has 0 aliphatic heterocycles. The second-order valence-electron chi connectivity index (χ2n) is 6.34. The van der Waals surface area contributed by atoms with Crippen LogP contribution in [0.4, 0.5) is 0 Å². The Balaban J connectivity index is 2.97. The number of benzene rings is 1. The van der Waals surface area contributed by atoms with Crippen LogP contribution in [0.3, 0.4) is 0 Å². The Morgan fingerprint density at radius 1 is 1.17 bits per heavy atom. The first-order chi connectivity index (χ1) is 8.36. The van der Waals surface area contributed by atoms with Crippen LogP contribution in [0.5, 0.6) is 0 Å². The fourth-order valence-electron chi connectivity index (χ4n) is 2.23. The zero-order chi connectivity index (χ0) is 13.8. The maximum atomic E-state index is 2.40. The average Bonchev–Trinajstić information content (AvgIpc) is 2.28. The second kappa shape index (κ2) is 6.22. The summed E-state index contributed by atoms with van der Waals surface area (Å²) >= 11 is 0. The van der Waals surface area contributed by atoms with Crippen molar-refractivity contribution in [3.05, 3.63) is 47.0 Å². The molecule has 0 saturated carbocycles. The molecule has 1 rings (SSSR count). The first-order valence-corrected chi connectivity index (χ1v) is 7.12. The molecule has 0 aliphatic carbocycles. The van der Waals surface area contributed by atoms with E-state index in [9.17, 15) is 0 Å². The number of hydrogen-bond acceptors (Lipinski definition) is 0. The maximum absolute atomic E-state index is 2.40. The summed E-state index contributed by atoms with van der Waals surface area (Å²) in [6.45, 7) is 13.6. The summed E-state index contributed by atoms with van der Waals surface area (Å²) in [5.74, 6) is 0.607. The Kier molecular flexibility index (Phi) is 5.19. The topological polar surface area (TPSA) is 0 Å². The molecule has 0 heterocycles. The van der Waals surface area contributed by atoms with Gasteiger partial charge in [0.1, 0.15) is 0 Å². The smallest absolute Gasteiger partial charge is 0.0132 e. The van der Waals surface area contributed by atoms with Gasteiger partial charge in [0.05, 0.1) is 0 Å². The van der Waals surface area contributed by atoms with E-state index in [2.05, 4.69) is 71.9 Å². The van der Waals surface area contributed by atoms with E-state index < -0.39 is 0 Å². The van der Waals surface area contributed by atoms with Crippen LogP contribution in [0.25, 0.3) is 0 Å². The van der Waals surface area contributed by atoms with Crippen molar-refractivity contribution in [3.8, 4) is 0 Å². The van der Waals surface area contributed by atoms with E-state index in [1.54, 1.807) is 0 Å². The minimum Gasteiger partial charge on any atom is -0.0888 e. The number of hydrogen-bond donors (Lipinski definition) is 0. The van der Waals surface area contributed by atoms with Crippen molar-refractivity contribution in [2.75, 3.05) is 0 Å². The lowest BCUT2D eigenvalue weighted by molar-refractivity contribution is 0.587. The molecule has 0 amide bonds. The van der Waals surface area contributed by atoms with Crippen LogP contribution in [-0.2, 0) is 5.41 Å². The molecule has 1 atom stereocenters. The van der Waals surface area contributed by atoms with E-state index >= 15 is 0 Å². The van der Waals surface area contributed by atoms with E-state index in [0.717, 1.165) is 12.8 Å². The van der Waals surface area contributed by atoms with Crippen LogP contribution in [0.2, 0.25) is 0 Å². The molecule has 0 aliphatic rings. The van der Waals surface area contributed by atoms with E-state index in [1.165, 1.54) is 16.7 Å². The van der Waals surface area contributed by atoms with Gasteiger partial charge >= 0.3 is 0 Å². The lowest BCUT2D eigenvalue weighted by Gasteiger charge is -2.22. The molecule has 0 N–H and O–H groups in total. The minimum atomic E-state index is 0.238. The average molecular weight is 244 g/mol. The first kappa shape index (κ1) is 15.0. The van der Waals surface area contributed by atoms with Crippen LogP contribution in [0.15, 0.2) is 30.4 Å². The largest absolute Gasteiger partial charge is 0.0888 e. The van der Waals surface area contributed by atoms with Gasteiger partial charge in [0.2, 0.25) is 0 Å². The highest BCUT2D eigenvalue weighted by molar-refractivity contribution is 5.36. The van der Waals surface area contributed by atoms with E-state index in [1.807, 2.05) is 0 Å². The lowest BCUT2D eigenvalue weighted by atomic mass is 9.83. The molecule has 18 heavy (non-hydrogen) atoms. The van der Waals surface area contributed by atoms with Gasteiger partial charge in [-0.25, -0.2) is 0 Å². The highest BCUT2D eigenvalue weighted by Gasteiger charge is 2.16. The summed E-state index contributed by atoms with van der Waals surface area (Å²) < 4.78 is 0. The van der Waals surface area contributed by atoms with Gasteiger partial charge in [-0.3, -0.25) is 0 Å². The predicted molar refractivity (Wildman–Crippen MR) is 82.3 cm³/mol. The molecule has 1 aromatic rings. The molecule has 0 aromatic heterocycles. The molecule has 1 unspecified atom stereocenters. The molecule has 0 saturated heterocycles. The van der Waals surface area contributed by atoms with E-state index in [0.29, 0.717) is 5.92 Å². The van der Waals surface area contributed by atoms with Crippen molar-refractivity contribution in [2.24, 2.45) is 0 Å².